The van der Waals surface area contributed by atoms with Crippen LogP contribution < -0.4 is 14.5 Å². The Bertz CT molecular complexity index is 891. The second-order valence-corrected chi connectivity index (χ2v) is 8.43. The van der Waals surface area contributed by atoms with Crippen LogP contribution >= 0.6 is 0 Å². The highest BCUT2D eigenvalue weighted by atomic mass is 32.2. The number of anilines is 3. The maximum atomic E-state index is 12.4. The van der Waals surface area contributed by atoms with Crippen molar-refractivity contribution in [2.24, 2.45) is 0 Å². The molecule has 0 bridgehead atoms. The number of rotatable bonds is 6. The van der Waals surface area contributed by atoms with Crippen LogP contribution in [0.25, 0.3) is 0 Å². The van der Waals surface area contributed by atoms with Gasteiger partial charge in [-0.15, -0.1) is 0 Å². The van der Waals surface area contributed by atoms with E-state index in [9.17, 15) is 13.2 Å². The van der Waals surface area contributed by atoms with Crippen LogP contribution in [0.4, 0.5) is 17.1 Å². The third kappa shape index (κ3) is 4.98. The number of sulfonamides is 1. The van der Waals surface area contributed by atoms with E-state index in [0.717, 1.165) is 27.4 Å². The monoisotopic (exact) mass is 375 g/mol. The average Bonchev–Trinajstić information content (AvgIpc) is 2.55. The highest BCUT2D eigenvalue weighted by Gasteiger charge is 2.21. The maximum absolute atomic E-state index is 12.4. The van der Waals surface area contributed by atoms with Crippen molar-refractivity contribution in [3.8, 4) is 0 Å². The van der Waals surface area contributed by atoms with Gasteiger partial charge in [0.1, 0.15) is 6.54 Å². The quantitative estimate of drug-likeness (QED) is 0.843. The Kier molecular flexibility index (Phi) is 5.92. The van der Waals surface area contributed by atoms with Crippen LogP contribution in [0, 0.1) is 13.8 Å². The minimum Gasteiger partial charge on any atom is -0.378 e. The van der Waals surface area contributed by atoms with Crippen molar-refractivity contribution in [2.75, 3.05) is 41.4 Å². The molecular formula is C19H25N3O3S. The maximum Gasteiger partial charge on any atom is 0.245 e. The molecule has 7 heteroatoms. The van der Waals surface area contributed by atoms with E-state index >= 15 is 0 Å². The van der Waals surface area contributed by atoms with Gasteiger partial charge < -0.3 is 10.2 Å². The van der Waals surface area contributed by atoms with E-state index in [4.69, 9.17) is 0 Å². The van der Waals surface area contributed by atoms with Gasteiger partial charge in [0.05, 0.1) is 11.9 Å². The number of carbonyl (C=O) groups is 1. The molecule has 0 atom stereocenters. The molecule has 0 radical (unpaired) electrons. The van der Waals surface area contributed by atoms with E-state index < -0.39 is 15.9 Å². The third-order valence-corrected chi connectivity index (χ3v) is 5.27. The molecule has 0 spiro atoms. The summed E-state index contributed by atoms with van der Waals surface area (Å²) in [6.45, 7) is 3.58. The first-order valence-electron chi connectivity index (χ1n) is 8.20. The molecule has 0 aliphatic carbocycles. The van der Waals surface area contributed by atoms with Crippen LogP contribution in [0.3, 0.4) is 0 Å². The minimum absolute atomic E-state index is 0.281. The largest absolute Gasteiger partial charge is 0.378 e. The van der Waals surface area contributed by atoms with Crippen LogP contribution in [-0.2, 0) is 14.8 Å². The Morgan fingerprint density at radius 3 is 2.04 bits per heavy atom. The van der Waals surface area contributed by atoms with Gasteiger partial charge in [-0.05, 0) is 61.4 Å². The SMILES string of the molecule is Cc1ccc(N(CC(=O)Nc2ccc(N(C)C)cc2)S(C)(=O)=O)cc1C. The topological polar surface area (TPSA) is 69.7 Å². The van der Waals surface area contributed by atoms with Crippen molar-refractivity contribution in [2.45, 2.75) is 13.8 Å². The summed E-state index contributed by atoms with van der Waals surface area (Å²) in [5, 5.41) is 2.74. The molecule has 2 aromatic rings. The molecule has 1 N–H and O–H groups in total. The van der Waals surface area contributed by atoms with Crippen LogP contribution in [0.5, 0.6) is 0 Å². The van der Waals surface area contributed by atoms with E-state index in [2.05, 4.69) is 5.32 Å². The van der Waals surface area contributed by atoms with Crippen molar-refractivity contribution < 1.29 is 13.2 Å². The first-order chi connectivity index (χ1) is 12.1. The molecule has 26 heavy (non-hydrogen) atoms. The molecule has 0 unspecified atom stereocenters. The number of amides is 1. The minimum atomic E-state index is -3.59. The second kappa shape index (κ2) is 7.78. The summed E-state index contributed by atoms with van der Waals surface area (Å²) in [5.41, 5.74) is 4.14. The lowest BCUT2D eigenvalue weighted by atomic mass is 10.1. The Hall–Kier alpha value is -2.54. The predicted molar refractivity (Wildman–Crippen MR) is 108 cm³/mol. The normalized spacial score (nSPS) is 11.1. The van der Waals surface area contributed by atoms with E-state index in [1.807, 2.05) is 51.0 Å². The lowest BCUT2D eigenvalue weighted by molar-refractivity contribution is -0.114. The summed E-state index contributed by atoms with van der Waals surface area (Å²) >= 11 is 0. The van der Waals surface area contributed by atoms with E-state index in [1.165, 1.54) is 0 Å². The summed E-state index contributed by atoms with van der Waals surface area (Å²) in [6, 6.07) is 12.7. The molecular weight excluding hydrogens is 350 g/mol. The van der Waals surface area contributed by atoms with Crippen LogP contribution in [0.2, 0.25) is 0 Å². The molecule has 0 aliphatic heterocycles. The Labute approximate surface area is 155 Å². The molecule has 140 valence electrons. The standard InChI is InChI=1S/C19H25N3O3S/c1-14-6-9-18(12-15(14)2)22(26(5,24)25)13-19(23)20-16-7-10-17(11-8-16)21(3)4/h6-12H,13H2,1-5H3,(H,20,23). The molecule has 0 heterocycles. The Morgan fingerprint density at radius 2 is 1.54 bits per heavy atom. The van der Waals surface area contributed by atoms with Gasteiger partial charge in [0.15, 0.2) is 0 Å². The average molecular weight is 375 g/mol. The Balaban J connectivity index is 2.17. The molecule has 1 amide bonds. The molecule has 2 rings (SSSR count). The number of carbonyl (C=O) groups excluding carboxylic acids is 1. The fraction of sp³-hybridized carbons (Fsp3) is 0.316. The number of benzene rings is 2. The summed E-state index contributed by atoms with van der Waals surface area (Å²) in [4.78, 5) is 14.3. The highest BCUT2D eigenvalue weighted by molar-refractivity contribution is 7.92. The summed E-state index contributed by atoms with van der Waals surface area (Å²) in [5.74, 6) is -0.397. The van der Waals surface area contributed by atoms with Gasteiger partial charge in [-0.3, -0.25) is 9.10 Å². The number of nitrogens with zero attached hydrogens (tertiary/aromatic N) is 2. The number of nitrogens with one attached hydrogen (secondary N) is 1. The molecule has 0 saturated carbocycles. The molecule has 0 aliphatic rings. The summed E-state index contributed by atoms with van der Waals surface area (Å²) in [7, 11) is 0.276. The molecule has 2 aromatic carbocycles. The molecule has 0 saturated heterocycles. The van der Waals surface area contributed by atoms with E-state index in [-0.39, 0.29) is 6.54 Å². The van der Waals surface area contributed by atoms with Gasteiger partial charge in [-0.1, -0.05) is 6.07 Å². The van der Waals surface area contributed by atoms with Crippen molar-refractivity contribution in [3.63, 3.8) is 0 Å². The zero-order valence-electron chi connectivity index (χ0n) is 15.8. The summed E-state index contributed by atoms with van der Waals surface area (Å²) < 4.78 is 25.5. The fourth-order valence-electron chi connectivity index (χ4n) is 2.45. The zero-order valence-corrected chi connectivity index (χ0v) is 16.6. The van der Waals surface area contributed by atoms with Gasteiger partial charge in [0.25, 0.3) is 0 Å². The van der Waals surface area contributed by atoms with Gasteiger partial charge in [0.2, 0.25) is 15.9 Å². The lowest BCUT2D eigenvalue weighted by Crippen LogP contribution is -2.37. The first-order valence-corrected chi connectivity index (χ1v) is 10.0. The molecule has 0 fully saturated rings. The predicted octanol–water partition coefficient (Wildman–Crippen LogP) is 2.77. The van der Waals surface area contributed by atoms with E-state index in [0.29, 0.717) is 11.4 Å². The first kappa shape index (κ1) is 19.8. The van der Waals surface area contributed by atoms with Gasteiger partial charge in [0, 0.05) is 25.5 Å². The van der Waals surface area contributed by atoms with E-state index in [1.54, 1.807) is 24.3 Å². The van der Waals surface area contributed by atoms with Crippen LogP contribution in [-0.4, -0.2) is 41.2 Å². The van der Waals surface area contributed by atoms with Gasteiger partial charge >= 0.3 is 0 Å². The molecule has 6 nitrogen and oxygen atoms in total. The van der Waals surface area contributed by atoms with Crippen molar-refractivity contribution in [3.05, 3.63) is 53.6 Å². The highest BCUT2D eigenvalue weighted by Crippen LogP contribution is 2.21. The Morgan fingerprint density at radius 1 is 0.962 bits per heavy atom. The number of hydrogen-bond donors (Lipinski definition) is 1. The zero-order chi connectivity index (χ0) is 19.5. The number of aryl methyl sites for hydroxylation is 2. The fourth-order valence-corrected chi connectivity index (χ4v) is 3.30. The van der Waals surface area contributed by atoms with Crippen LogP contribution in [0.1, 0.15) is 11.1 Å². The van der Waals surface area contributed by atoms with Crippen molar-refractivity contribution in [1.29, 1.82) is 0 Å². The second-order valence-electron chi connectivity index (χ2n) is 6.53. The third-order valence-electron chi connectivity index (χ3n) is 4.13. The summed E-state index contributed by atoms with van der Waals surface area (Å²) in [6.07, 6.45) is 1.10. The number of hydrogen-bond acceptors (Lipinski definition) is 4. The van der Waals surface area contributed by atoms with Crippen molar-refractivity contribution >= 4 is 33.0 Å². The van der Waals surface area contributed by atoms with Crippen LogP contribution in [0.15, 0.2) is 42.5 Å². The van der Waals surface area contributed by atoms with Gasteiger partial charge in [-0.2, -0.15) is 0 Å². The van der Waals surface area contributed by atoms with Gasteiger partial charge in [-0.25, -0.2) is 8.42 Å². The lowest BCUT2D eigenvalue weighted by Gasteiger charge is -2.22. The smallest absolute Gasteiger partial charge is 0.245 e. The van der Waals surface area contributed by atoms with Crippen molar-refractivity contribution in [1.82, 2.24) is 0 Å². The molecule has 0 aromatic heterocycles.